The molecule has 0 spiro atoms. The van der Waals surface area contributed by atoms with Gasteiger partial charge in [-0.15, -0.1) is 9.24 Å². The third kappa shape index (κ3) is 5.83. The maximum Gasteiger partial charge on any atom is 0.347 e. The molecule has 1 rings (SSSR count). The third-order valence-electron chi connectivity index (χ3n) is 3.25. The summed E-state index contributed by atoms with van der Waals surface area (Å²) in [5, 5.41) is 11.7. The highest BCUT2D eigenvalue weighted by Gasteiger charge is 2.31. The summed E-state index contributed by atoms with van der Waals surface area (Å²) in [4.78, 5) is 46.0. The van der Waals surface area contributed by atoms with E-state index in [1.54, 1.807) is 13.0 Å². The van der Waals surface area contributed by atoms with Gasteiger partial charge in [-0.05, 0) is 25.2 Å². The molecule has 2 N–H and O–H groups in total. The van der Waals surface area contributed by atoms with Crippen LogP contribution in [0.15, 0.2) is 18.2 Å². The van der Waals surface area contributed by atoms with Crippen molar-refractivity contribution >= 4 is 33.1 Å². The van der Waals surface area contributed by atoms with E-state index in [1.165, 1.54) is 19.1 Å². The smallest absolute Gasteiger partial charge is 0.347 e. The zero-order valence-corrected chi connectivity index (χ0v) is 15.2. The maximum atomic E-state index is 12.5. The van der Waals surface area contributed by atoms with E-state index in [2.05, 4.69) is 14.6 Å². The minimum atomic E-state index is -1.52. The van der Waals surface area contributed by atoms with E-state index in [-0.39, 0.29) is 17.5 Å². The van der Waals surface area contributed by atoms with Crippen LogP contribution in [0.25, 0.3) is 0 Å². The second-order valence-corrected chi connectivity index (χ2v) is 5.68. The molecule has 0 saturated heterocycles. The van der Waals surface area contributed by atoms with Crippen LogP contribution >= 0.6 is 9.24 Å². The van der Waals surface area contributed by atoms with Crippen LogP contribution in [0.1, 0.15) is 29.8 Å². The lowest BCUT2D eigenvalue weighted by Gasteiger charge is -2.23. The number of amides is 1. The van der Waals surface area contributed by atoms with E-state index < -0.39 is 36.0 Å². The number of hydrogen-bond acceptors (Lipinski definition) is 6. The van der Waals surface area contributed by atoms with E-state index >= 15 is 0 Å². The molecule has 0 fully saturated rings. The summed E-state index contributed by atoms with van der Waals surface area (Å²) in [6.45, 7) is 3.93. The monoisotopic (exact) mass is 369 g/mol. The zero-order chi connectivity index (χ0) is 19.1. The lowest BCUT2D eigenvalue weighted by molar-refractivity contribution is -0.164. The topological polar surface area (TPSA) is 119 Å². The summed E-state index contributed by atoms with van der Waals surface area (Å²) < 4.78 is 9.79. The molecule has 0 aromatic heterocycles. The Bertz CT molecular complexity index is 689. The number of aliphatic carboxylic acids is 1. The number of esters is 2. The molecule has 1 aromatic rings. The van der Waals surface area contributed by atoms with Crippen LogP contribution < -0.4 is 10.1 Å². The zero-order valence-electron chi connectivity index (χ0n) is 14.1. The first-order valence-corrected chi connectivity index (χ1v) is 8.18. The van der Waals surface area contributed by atoms with Gasteiger partial charge in [0, 0.05) is 25.0 Å². The predicted molar refractivity (Wildman–Crippen MR) is 91.5 cm³/mol. The largest absolute Gasteiger partial charge is 0.478 e. The number of nitrogens with one attached hydrogen (secondary N) is 1. The molecule has 1 aromatic carbocycles. The predicted octanol–water partition coefficient (Wildman–Crippen LogP) is 0.910. The molecule has 1 amide bonds. The third-order valence-corrected chi connectivity index (χ3v) is 3.76. The fraction of sp³-hybridized carbons (Fsp3) is 0.375. The van der Waals surface area contributed by atoms with Gasteiger partial charge in [0.25, 0.3) is 5.91 Å². The number of carbonyl (C=O) groups excluding carboxylic acids is 3. The summed E-state index contributed by atoms with van der Waals surface area (Å²) in [6, 6.07) is 3.64. The van der Waals surface area contributed by atoms with Crippen molar-refractivity contribution in [3.8, 4) is 5.75 Å². The normalized spacial score (nSPS) is 12.6. The Morgan fingerprint density at radius 2 is 1.84 bits per heavy atom. The molecule has 0 aliphatic rings. The number of rotatable bonds is 7. The molecule has 0 bridgehead atoms. The van der Waals surface area contributed by atoms with Crippen molar-refractivity contribution in [2.45, 2.75) is 32.9 Å². The molecule has 0 aliphatic heterocycles. The molecular weight excluding hydrogens is 349 g/mol. The van der Waals surface area contributed by atoms with Crippen molar-refractivity contribution < 1.29 is 33.8 Å². The van der Waals surface area contributed by atoms with E-state index in [1.807, 2.05) is 0 Å². The molecule has 0 aliphatic carbocycles. The van der Waals surface area contributed by atoms with Gasteiger partial charge in [-0.3, -0.25) is 14.4 Å². The van der Waals surface area contributed by atoms with Gasteiger partial charge in [-0.2, -0.15) is 0 Å². The summed E-state index contributed by atoms with van der Waals surface area (Å²) in [5.74, 6) is -2.99. The highest BCUT2D eigenvalue weighted by Crippen LogP contribution is 2.22. The van der Waals surface area contributed by atoms with Gasteiger partial charge >= 0.3 is 17.9 Å². The second-order valence-electron chi connectivity index (χ2n) is 5.21. The van der Waals surface area contributed by atoms with Crippen molar-refractivity contribution in [3.05, 3.63) is 29.3 Å². The molecule has 3 atom stereocenters. The van der Waals surface area contributed by atoms with Crippen LogP contribution in [0.4, 0.5) is 0 Å². The molecule has 3 unspecified atom stereocenters. The molecular formula is C16H20NO7P. The van der Waals surface area contributed by atoms with Gasteiger partial charge in [0.15, 0.2) is 0 Å². The van der Waals surface area contributed by atoms with E-state index in [0.29, 0.717) is 5.56 Å². The van der Waals surface area contributed by atoms with Gasteiger partial charge < -0.3 is 19.9 Å². The van der Waals surface area contributed by atoms with Crippen molar-refractivity contribution in [1.29, 1.82) is 0 Å². The van der Waals surface area contributed by atoms with Gasteiger partial charge in [-0.1, -0.05) is 6.07 Å². The van der Waals surface area contributed by atoms with Crippen molar-refractivity contribution in [2.24, 2.45) is 0 Å². The molecule has 0 radical (unpaired) electrons. The van der Waals surface area contributed by atoms with Crippen LogP contribution in [-0.4, -0.2) is 47.2 Å². The Morgan fingerprint density at radius 3 is 2.32 bits per heavy atom. The van der Waals surface area contributed by atoms with E-state index in [4.69, 9.17) is 9.47 Å². The van der Waals surface area contributed by atoms with Crippen molar-refractivity contribution in [3.63, 3.8) is 0 Å². The number of carbonyl (C=O) groups is 4. The maximum absolute atomic E-state index is 12.5. The fourth-order valence-corrected chi connectivity index (χ4v) is 2.48. The Hall–Kier alpha value is -2.47. The summed E-state index contributed by atoms with van der Waals surface area (Å²) in [7, 11) is 2.30. The minimum absolute atomic E-state index is 0.151. The quantitative estimate of drug-likeness (QED) is 0.416. The van der Waals surface area contributed by atoms with Crippen LogP contribution in [0.5, 0.6) is 5.75 Å². The first kappa shape index (κ1) is 20.6. The Kier molecular flexibility index (Phi) is 7.51. The SMILES string of the molecule is CC(=O)Oc1cccc(C(=O)NC(CP)C(OC(C)=O)C(=O)O)c1C. The highest BCUT2D eigenvalue weighted by atomic mass is 31.0. The molecule has 8 nitrogen and oxygen atoms in total. The Morgan fingerprint density at radius 1 is 1.20 bits per heavy atom. The summed E-state index contributed by atoms with van der Waals surface area (Å²) in [6.07, 6.45) is -1.37. The fourth-order valence-electron chi connectivity index (χ4n) is 2.11. The average molecular weight is 369 g/mol. The molecule has 136 valence electrons. The van der Waals surface area contributed by atoms with Gasteiger partial charge in [0.1, 0.15) is 5.75 Å². The standard InChI is InChI=1S/C16H20NO7P/c1-8-11(5-4-6-13(8)23-9(2)18)15(20)17-12(7-25)14(16(21)22)24-10(3)19/h4-6,12,14H,7,25H2,1-3H3,(H,17,20)(H,21,22). The number of hydrogen-bond donors (Lipinski definition) is 2. The molecule has 25 heavy (non-hydrogen) atoms. The first-order chi connectivity index (χ1) is 11.7. The summed E-state index contributed by atoms with van der Waals surface area (Å²) >= 11 is 0. The molecule has 0 saturated carbocycles. The van der Waals surface area contributed by atoms with Crippen LogP contribution in [0.2, 0.25) is 0 Å². The van der Waals surface area contributed by atoms with Crippen molar-refractivity contribution in [2.75, 3.05) is 6.16 Å². The number of carboxylic acid groups (broad SMARTS) is 1. The first-order valence-electron chi connectivity index (χ1n) is 7.36. The second kappa shape index (κ2) is 9.13. The van der Waals surface area contributed by atoms with E-state index in [9.17, 15) is 24.3 Å². The Labute approximate surface area is 147 Å². The van der Waals surface area contributed by atoms with E-state index in [0.717, 1.165) is 6.92 Å². The van der Waals surface area contributed by atoms with Gasteiger partial charge in [0.05, 0.1) is 6.04 Å². The number of benzene rings is 1. The number of carboxylic acids is 1. The minimum Gasteiger partial charge on any atom is -0.478 e. The highest BCUT2D eigenvalue weighted by molar-refractivity contribution is 7.16. The van der Waals surface area contributed by atoms with Crippen molar-refractivity contribution in [1.82, 2.24) is 5.32 Å². The lowest BCUT2D eigenvalue weighted by Crippen LogP contribution is -2.50. The van der Waals surface area contributed by atoms with Crippen LogP contribution in [0.3, 0.4) is 0 Å². The van der Waals surface area contributed by atoms with Crippen LogP contribution in [0, 0.1) is 6.92 Å². The molecule has 9 heteroatoms. The van der Waals surface area contributed by atoms with Gasteiger partial charge in [0.2, 0.25) is 6.10 Å². The number of ether oxygens (including phenoxy) is 2. The molecule has 0 heterocycles. The average Bonchev–Trinajstić information content (AvgIpc) is 2.51. The lowest BCUT2D eigenvalue weighted by atomic mass is 10.1. The Balaban J connectivity index is 3.04. The van der Waals surface area contributed by atoms with Crippen LogP contribution in [-0.2, 0) is 19.1 Å². The summed E-state index contributed by atoms with van der Waals surface area (Å²) in [5.41, 5.74) is 0.645. The van der Waals surface area contributed by atoms with Gasteiger partial charge in [-0.25, -0.2) is 4.79 Å².